The van der Waals surface area contributed by atoms with E-state index < -0.39 is 0 Å². The van der Waals surface area contributed by atoms with Crippen molar-refractivity contribution < 1.29 is 0 Å². The molecule has 5 nitrogen and oxygen atoms in total. The minimum Gasteiger partial charge on any atom is -0.370 e. The van der Waals surface area contributed by atoms with Crippen molar-refractivity contribution in [2.45, 2.75) is 26.7 Å². The van der Waals surface area contributed by atoms with Crippen molar-refractivity contribution in [2.24, 2.45) is 0 Å². The zero-order chi connectivity index (χ0) is 12.8. The molecule has 18 heavy (non-hydrogen) atoms. The number of rotatable bonds is 5. The Morgan fingerprint density at radius 2 is 2.06 bits per heavy atom. The topological polar surface area (TPSA) is 63.6 Å². The minimum absolute atomic E-state index is 0.630. The van der Waals surface area contributed by atoms with Gasteiger partial charge < -0.3 is 5.32 Å². The summed E-state index contributed by atoms with van der Waals surface area (Å²) < 4.78 is 0. The molecule has 0 aromatic carbocycles. The summed E-state index contributed by atoms with van der Waals surface area (Å²) in [7, 11) is 0. The molecule has 0 amide bonds. The summed E-state index contributed by atoms with van der Waals surface area (Å²) in [6.45, 7) is 5.02. The monoisotopic (exact) mass is 243 g/mol. The first-order chi connectivity index (χ1) is 8.83. The zero-order valence-corrected chi connectivity index (χ0v) is 10.7. The molecule has 0 saturated heterocycles. The molecular formula is C13H17N5. The second-order valence-electron chi connectivity index (χ2n) is 3.94. The Balaban J connectivity index is 2.39. The van der Waals surface area contributed by atoms with E-state index >= 15 is 0 Å². The average molecular weight is 243 g/mol. The van der Waals surface area contributed by atoms with E-state index in [4.69, 9.17) is 0 Å². The third kappa shape index (κ3) is 3.00. The third-order valence-electron chi connectivity index (χ3n) is 2.44. The molecule has 0 fully saturated rings. The minimum atomic E-state index is 0.630. The van der Waals surface area contributed by atoms with Gasteiger partial charge in [0.25, 0.3) is 0 Å². The highest BCUT2D eigenvalue weighted by Crippen LogP contribution is 2.15. The molecule has 0 aliphatic rings. The zero-order valence-electron chi connectivity index (χ0n) is 10.7. The van der Waals surface area contributed by atoms with Gasteiger partial charge in [-0.1, -0.05) is 13.3 Å². The number of hydrogen-bond acceptors (Lipinski definition) is 5. The molecule has 5 heteroatoms. The Bertz CT molecular complexity index is 474. The van der Waals surface area contributed by atoms with Crippen LogP contribution in [0.15, 0.2) is 24.7 Å². The van der Waals surface area contributed by atoms with Crippen molar-refractivity contribution >= 4 is 5.82 Å². The van der Waals surface area contributed by atoms with Crippen LogP contribution >= 0.6 is 0 Å². The first kappa shape index (κ1) is 12.4. The van der Waals surface area contributed by atoms with Gasteiger partial charge in [-0.05, 0) is 13.3 Å². The van der Waals surface area contributed by atoms with Crippen molar-refractivity contribution in [1.82, 2.24) is 19.9 Å². The highest BCUT2D eigenvalue weighted by atomic mass is 15.0. The molecule has 2 heterocycles. The predicted molar refractivity (Wildman–Crippen MR) is 71.2 cm³/mol. The Morgan fingerprint density at radius 1 is 1.17 bits per heavy atom. The fourth-order valence-electron chi connectivity index (χ4n) is 1.68. The summed E-state index contributed by atoms with van der Waals surface area (Å²) in [6.07, 6.45) is 6.97. The van der Waals surface area contributed by atoms with Crippen LogP contribution in [-0.2, 0) is 6.42 Å². The molecule has 0 radical (unpaired) electrons. The molecular weight excluding hydrogens is 226 g/mol. The molecule has 0 bridgehead atoms. The Morgan fingerprint density at radius 3 is 2.72 bits per heavy atom. The highest BCUT2D eigenvalue weighted by molar-refractivity contribution is 5.51. The largest absolute Gasteiger partial charge is 0.370 e. The lowest BCUT2D eigenvalue weighted by Crippen LogP contribution is -2.04. The van der Waals surface area contributed by atoms with E-state index in [1.807, 2.05) is 13.0 Å². The number of aromatic nitrogens is 4. The Kier molecular flexibility index (Phi) is 4.17. The molecule has 1 N–H and O–H groups in total. The van der Waals surface area contributed by atoms with Crippen molar-refractivity contribution in [3.05, 3.63) is 30.4 Å². The SMILES string of the molecule is CCCc1cc(NCC)nc(-c2cnccn2)n1. The molecule has 0 unspecified atom stereocenters. The molecule has 0 aliphatic carbocycles. The van der Waals surface area contributed by atoms with Crippen LogP contribution in [0.5, 0.6) is 0 Å². The maximum absolute atomic E-state index is 4.52. The van der Waals surface area contributed by atoms with Gasteiger partial charge in [0.1, 0.15) is 11.5 Å². The van der Waals surface area contributed by atoms with Gasteiger partial charge in [-0.3, -0.25) is 4.98 Å². The molecule has 0 atom stereocenters. The predicted octanol–water partition coefficient (Wildman–Crippen LogP) is 2.32. The van der Waals surface area contributed by atoms with Gasteiger partial charge in [0.15, 0.2) is 5.82 Å². The van der Waals surface area contributed by atoms with Crippen molar-refractivity contribution in [3.8, 4) is 11.5 Å². The van der Waals surface area contributed by atoms with Crippen LogP contribution in [0.2, 0.25) is 0 Å². The molecule has 0 saturated carbocycles. The van der Waals surface area contributed by atoms with Crippen LogP contribution < -0.4 is 5.32 Å². The van der Waals surface area contributed by atoms with Gasteiger partial charge in [-0.15, -0.1) is 0 Å². The van der Waals surface area contributed by atoms with Gasteiger partial charge in [-0.2, -0.15) is 0 Å². The highest BCUT2D eigenvalue weighted by Gasteiger charge is 2.07. The van der Waals surface area contributed by atoms with Gasteiger partial charge in [-0.25, -0.2) is 15.0 Å². The standard InChI is InChI=1S/C13H17N5/c1-3-5-10-8-12(15-4-2)18-13(17-10)11-9-14-6-7-16-11/h6-9H,3-5H2,1-2H3,(H,15,17,18). The number of aryl methyl sites for hydroxylation is 1. The fraction of sp³-hybridized carbons (Fsp3) is 0.385. The van der Waals surface area contributed by atoms with Gasteiger partial charge >= 0.3 is 0 Å². The first-order valence-corrected chi connectivity index (χ1v) is 6.21. The molecule has 2 aromatic rings. The van der Waals surface area contributed by atoms with E-state index in [2.05, 4.69) is 32.2 Å². The normalized spacial score (nSPS) is 10.3. The fourth-order valence-corrected chi connectivity index (χ4v) is 1.68. The van der Waals surface area contributed by atoms with Crippen LogP contribution in [-0.4, -0.2) is 26.5 Å². The quantitative estimate of drug-likeness (QED) is 0.873. The molecule has 2 aromatic heterocycles. The molecule has 0 spiro atoms. The molecule has 0 aliphatic heterocycles. The smallest absolute Gasteiger partial charge is 0.182 e. The second-order valence-corrected chi connectivity index (χ2v) is 3.94. The van der Waals surface area contributed by atoms with E-state index in [0.29, 0.717) is 11.5 Å². The van der Waals surface area contributed by atoms with Crippen molar-refractivity contribution in [3.63, 3.8) is 0 Å². The van der Waals surface area contributed by atoms with Gasteiger partial charge in [0.05, 0.1) is 6.20 Å². The summed E-state index contributed by atoms with van der Waals surface area (Å²) in [5, 5.41) is 3.22. The Labute approximate surface area is 107 Å². The van der Waals surface area contributed by atoms with E-state index in [1.54, 1.807) is 18.6 Å². The lowest BCUT2D eigenvalue weighted by atomic mass is 10.2. The summed E-state index contributed by atoms with van der Waals surface area (Å²) in [4.78, 5) is 17.3. The molecule has 2 rings (SSSR count). The van der Waals surface area contributed by atoms with E-state index in [0.717, 1.165) is 30.9 Å². The van der Waals surface area contributed by atoms with Crippen LogP contribution in [0.4, 0.5) is 5.82 Å². The van der Waals surface area contributed by atoms with Crippen LogP contribution in [0, 0.1) is 0 Å². The number of anilines is 1. The van der Waals surface area contributed by atoms with Gasteiger partial charge in [0, 0.05) is 30.7 Å². The van der Waals surface area contributed by atoms with Crippen LogP contribution in [0.1, 0.15) is 26.0 Å². The maximum Gasteiger partial charge on any atom is 0.182 e. The lowest BCUT2D eigenvalue weighted by Gasteiger charge is -2.07. The van der Waals surface area contributed by atoms with E-state index in [1.165, 1.54) is 0 Å². The summed E-state index contributed by atoms with van der Waals surface area (Å²) in [5.41, 5.74) is 1.73. The maximum atomic E-state index is 4.52. The van der Waals surface area contributed by atoms with Crippen LogP contribution in [0.3, 0.4) is 0 Å². The number of nitrogens with zero attached hydrogens (tertiary/aromatic N) is 4. The van der Waals surface area contributed by atoms with E-state index in [-0.39, 0.29) is 0 Å². The summed E-state index contributed by atoms with van der Waals surface area (Å²) in [6, 6.07) is 1.99. The van der Waals surface area contributed by atoms with Crippen molar-refractivity contribution in [1.29, 1.82) is 0 Å². The average Bonchev–Trinajstić information content (AvgIpc) is 2.40. The lowest BCUT2D eigenvalue weighted by molar-refractivity contribution is 0.873. The number of nitrogens with one attached hydrogen (secondary N) is 1. The van der Waals surface area contributed by atoms with Gasteiger partial charge in [0.2, 0.25) is 0 Å². The molecule has 94 valence electrons. The third-order valence-corrected chi connectivity index (χ3v) is 2.44. The number of hydrogen-bond donors (Lipinski definition) is 1. The van der Waals surface area contributed by atoms with Crippen molar-refractivity contribution in [2.75, 3.05) is 11.9 Å². The van der Waals surface area contributed by atoms with Crippen LogP contribution in [0.25, 0.3) is 11.5 Å². The summed E-state index contributed by atoms with van der Waals surface area (Å²) in [5.74, 6) is 1.47. The first-order valence-electron chi connectivity index (χ1n) is 6.21. The Hall–Kier alpha value is -2.04. The van der Waals surface area contributed by atoms with E-state index in [9.17, 15) is 0 Å². The second kappa shape index (κ2) is 6.05. The summed E-state index contributed by atoms with van der Waals surface area (Å²) >= 11 is 0.